The van der Waals surface area contributed by atoms with Crippen LogP contribution in [0.25, 0.3) is 0 Å². The number of hydrogen-bond acceptors (Lipinski definition) is 3. The smallest absolute Gasteiger partial charge is 0.323 e. The van der Waals surface area contributed by atoms with E-state index in [0.717, 1.165) is 32.1 Å². The maximum Gasteiger partial charge on any atom is 0.323 e. The summed E-state index contributed by atoms with van der Waals surface area (Å²) in [4.78, 5) is 11.5. The van der Waals surface area contributed by atoms with Crippen molar-refractivity contribution in [3.8, 4) is 0 Å². The van der Waals surface area contributed by atoms with Gasteiger partial charge in [0.2, 0.25) is 0 Å². The average Bonchev–Trinajstić information content (AvgIpc) is 2.52. The Morgan fingerprint density at radius 3 is 2.25 bits per heavy atom. The molecule has 0 radical (unpaired) electrons. The predicted octanol–water partition coefficient (Wildman–Crippen LogP) is 1.52. The van der Waals surface area contributed by atoms with E-state index >= 15 is 0 Å². The quantitative estimate of drug-likeness (QED) is 0.625. The fourth-order valence-electron chi connectivity index (χ4n) is 2.42. The summed E-state index contributed by atoms with van der Waals surface area (Å²) in [5.41, 5.74) is -0.806. The first-order valence-electron chi connectivity index (χ1n) is 6.26. The molecule has 1 rings (SSSR count). The van der Waals surface area contributed by atoms with Crippen molar-refractivity contribution in [1.29, 1.82) is 0 Å². The molecule has 4 heteroatoms. The largest absolute Gasteiger partial charge is 0.480 e. The van der Waals surface area contributed by atoms with Gasteiger partial charge in [0.05, 0.1) is 6.61 Å². The minimum atomic E-state index is -0.806. The summed E-state index contributed by atoms with van der Waals surface area (Å²) in [7, 11) is 0. The molecule has 0 spiro atoms. The Bertz CT molecular complexity index is 218. The Balaban J connectivity index is 2.73. The third-order valence-electron chi connectivity index (χ3n) is 3.56. The zero-order chi connectivity index (χ0) is 12.0. The minimum absolute atomic E-state index is 0.00549. The van der Waals surface area contributed by atoms with Crippen LogP contribution in [0.5, 0.6) is 0 Å². The zero-order valence-electron chi connectivity index (χ0n) is 10.0. The second-order valence-electron chi connectivity index (χ2n) is 4.73. The van der Waals surface area contributed by atoms with E-state index in [2.05, 4.69) is 5.32 Å². The van der Waals surface area contributed by atoms with Crippen molar-refractivity contribution >= 4 is 5.97 Å². The maximum absolute atomic E-state index is 11.5. The van der Waals surface area contributed by atoms with Crippen LogP contribution in [-0.2, 0) is 4.79 Å². The van der Waals surface area contributed by atoms with Crippen LogP contribution >= 0.6 is 0 Å². The summed E-state index contributed by atoms with van der Waals surface area (Å²) in [5, 5.41) is 21.7. The standard InChI is InChI=1S/C12H23NO3/c1-2-10(9-14)13-12(11(15)16)7-5-3-4-6-8-12/h10,13-14H,2-9H2,1H3,(H,15,16). The molecular weight excluding hydrogens is 206 g/mol. The lowest BCUT2D eigenvalue weighted by Gasteiger charge is -2.33. The highest BCUT2D eigenvalue weighted by Crippen LogP contribution is 2.28. The highest BCUT2D eigenvalue weighted by molar-refractivity contribution is 5.78. The summed E-state index contributed by atoms with van der Waals surface area (Å²) < 4.78 is 0. The summed E-state index contributed by atoms with van der Waals surface area (Å²) in [6, 6.07) is -0.103. The fourth-order valence-corrected chi connectivity index (χ4v) is 2.42. The lowest BCUT2D eigenvalue weighted by atomic mass is 9.89. The van der Waals surface area contributed by atoms with E-state index in [9.17, 15) is 9.90 Å². The van der Waals surface area contributed by atoms with Gasteiger partial charge in [-0.05, 0) is 19.3 Å². The first-order valence-corrected chi connectivity index (χ1v) is 6.26. The molecule has 1 atom stereocenters. The molecular formula is C12H23NO3. The Morgan fingerprint density at radius 1 is 1.31 bits per heavy atom. The van der Waals surface area contributed by atoms with Crippen LogP contribution in [0.15, 0.2) is 0 Å². The molecule has 3 N–H and O–H groups in total. The second kappa shape index (κ2) is 6.21. The number of aliphatic hydroxyl groups excluding tert-OH is 1. The third kappa shape index (κ3) is 3.19. The van der Waals surface area contributed by atoms with E-state index in [1.165, 1.54) is 0 Å². The molecule has 0 heterocycles. The summed E-state index contributed by atoms with van der Waals surface area (Å²) >= 11 is 0. The van der Waals surface area contributed by atoms with Crippen LogP contribution in [0.3, 0.4) is 0 Å². The molecule has 0 saturated heterocycles. The Morgan fingerprint density at radius 2 is 1.88 bits per heavy atom. The van der Waals surface area contributed by atoms with E-state index < -0.39 is 11.5 Å². The number of carbonyl (C=O) groups is 1. The zero-order valence-corrected chi connectivity index (χ0v) is 10.0. The summed E-state index contributed by atoms with van der Waals surface area (Å²) in [5.74, 6) is -0.763. The van der Waals surface area contributed by atoms with E-state index in [0.29, 0.717) is 12.8 Å². The van der Waals surface area contributed by atoms with Crippen molar-refractivity contribution in [1.82, 2.24) is 5.32 Å². The van der Waals surface area contributed by atoms with Gasteiger partial charge in [-0.1, -0.05) is 32.6 Å². The van der Waals surface area contributed by atoms with Gasteiger partial charge in [0, 0.05) is 6.04 Å². The molecule has 0 aromatic heterocycles. The number of carboxylic acids is 1. The summed E-state index contributed by atoms with van der Waals surface area (Å²) in [6.45, 7) is 1.96. The minimum Gasteiger partial charge on any atom is -0.480 e. The van der Waals surface area contributed by atoms with Crippen LogP contribution in [0.1, 0.15) is 51.9 Å². The molecule has 1 aliphatic rings. The highest BCUT2D eigenvalue weighted by Gasteiger charge is 2.39. The van der Waals surface area contributed by atoms with Gasteiger partial charge in [-0.25, -0.2) is 0 Å². The van der Waals surface area contributed by atoms with Crippen LogP contribution in [0, 0.1) is 0 Å². The molecule has 1 saturated carbocycles. The highest BCUT2D eigenvalue weighted by atomic mass is 16.4. The molecule has 1 unspecified atom stereocenters. The topological polar surface area (TPSA) is 69.6 Å². The van der Waals surface area contributed by atoms with Gasteiger partial charge in [-0.3, -0.25) is 10.1 Å². The van der Waals surface area contributed by atoms with Crippen LogP contribution in [0.4, 0.5) is 0 Å². The second-order valence-corrected chi connectivity index (χ2v) is 4.73. The molecule has 0 aromatic carbocycles. The van der Waals surface area contributed by atoms with Crippen molar-refractivity contribution in [2.75, 3.05) is 6.61 Å². The van der Waals surface area contributed by atoms with Gasteiger partial charge in [0.1, 0.15) is 5.54 Å². The van der Waals surface area contributed by atoms with Crippen LogP contribution in [0.2, 0.25) is 0 Å². The fraction of sp³-hybridized carbons (Fsp3) is 0.917. The van der Waals surface area contributed by atoms with Gasteiger partial charge in [-0.2, -0.15) is 0 Å². The van der Waals surface area contributed by atoms with Crippen LogP contribution in [-0.4, -0.2) is 34.4 Å². The molecule has 16 heavy (non-hydrogen) atoms. The Hall–Kier alpha value is -0.610. The normalized spacial score (nSPS) is 22.4. The van der Waals surface area contributed by atoms with Crippen molar-refractivity contribution in [3.63, 3.8) is 0 Å². The molecule has 4 nitrogen and oxygen atoms in total. The molecule has 1 aliphatic carbocycles. The monoisotopic (exact) mass is 229 g/mol. The van der Waals surface area contributed by atoms with Gasteiger partial charge in [0.25, 0.3) is 0 Å². The van der Waals surface area contributed by atoms with E-state index in [1.807, 2.05) is 6.92 Å². The number of hydrogen-bond donors (Lipinski definition) is 3. The first-order chi connectivity index (χ1) is 7.64. The number of aliphatic carboxylic acids is 1. The van der Waals surface area contributed by atoms with E-state index in [4.69, 9.17) is 5.11 Å². The van der Waals surface area contributed by atoms with Gasteiger partial charge >= 0.3 is 5.97 Å². The van der Waals surface area contributed by atoms with Crippen molar-refractivity contribution in [2.24, 2.45) is 0 Å². The molecule has 0 amide bonds. The Labute approximate surface area is 97.0 Å². The molecule has 1 fully saturated rings. The molecule has 0 bridgehead atoms. The van der Waals surface area contributed by atoms with E-state index in [1.54, 1.807) is 0 Å². The Kier molecular flexibility index (Phi) is 5.22. The number of nitrogens with one attached hydrogen (secondary N) is 1. The van der Waals surface area contributed by atoms with Gasteiger partial charge in [0.15, 0.2) is 0 Å². The average molecular weight is 229 g/mol. The third-order valence-corrected chi connectivity index (χ3v) is 3.56. The van der Waals surface area contributed by atoms with Gasteiger partial charge < -0.3 is 10.2 Å². The van der Waals surface area contributed by atoms with Crippen molar-refractivity contribution in [3.05, 3.63) is 0 Å². The van der Waals surface area contributed by atoms with Gasteiger partial charge in [-0.15, -0.1) is 0 Å². The summed E-state index contributed by atoms with van der Waals surface area (Å²) in [6.07, 6.45) is 6.27. The number of rotatable bonds is 5. The number of carboxylic acid groups (broad SMARTS) is 1. The number of aliphatic hydroxyl groups is 1. The maximum atomic E-state index is 11.5. The van der Waals surface area contributed by atoms with Crippen molar-refractivity contribution < 1.29 is 15.0 Å². The lowest BCUT2D eigenvalue weighted by molar-refractivity contribution is -0.146. The van der Waals surface area contributed by atoms with Crippen molar-refractivity contribution in [2.45, 2.75) is 63.5 Å². The SMILES string of the molecule is CCC(CO)NC1(C(=O)O)CCCCCC1. The molecule has 0 aromatic rings. The molecule has 94 valence electrons. The first kappa shape index (κ1) is 13.5. The van der Waals surface area contributed by atoms with Crippen LogP contribution < -0.4 is 5.32 Å². The predicted molar refractivity (Wildman–Crippen MR) is 62.4 cm³/mol. The molecule has 0 aliphatic heterocycles. The lowest BCUT2D eigenvalue weighted by Crippen LogP contribution is -2.56. The van der Waals surface area contributed by atoms with E-state index in [-0.39, 0.29) is 12.6 Å².